The molecule has 0 aliphatic carbocycles. The predicted octanol–water partition coefficient (Wildman–Crippen LogP) is 2.24. The number of rotatable bonds is 7. The van der Waals surface area contributed by atoms with Crippen molar-refractivity contribution in [1.29, 1.82) is 0 Å². The minimum absolute atomic E-state index is 0.0309. The van der Waals surface area contributed by atoms with Gasteiger partial charge in [-0.25, -0.2) is 4.39 Å². The van der Waals surface area contributed by atoms with Crippen LogP contribution in [-0.4, -0.2) is 30.3 Å². The highest BCUT2D eigenvalue weighted by molar-refractivity contribution is 9.10. The average Bonchev–Trinajstić information content (AvgIpc) is 2.37. The first-order valence-corrected chi connectivity index (χ1v) is 6.84. The third-order valence-corrected chi connectivity index (χ3v) is 3.21. The standard InChI is InChI=1S/C13H17BrFNO3/c1-2-10(5-6-17)16-13(18)8-19-12-4-3-9(15)7-11(12)14/h3-4,7,10,17H,2,5-6,8H2,1H3,(H,16,18). The van der Waals surface area contributed by atoms with Gasteiger partial charge in [0.05, 0.1) is 4.47 Å². The lowest BCUT2D eigenvalue weighted by atomic mass is 10.1. The highest BCUT2D eigenvalue weighted by Gasteiger charge is 2.11. The van der Waals surface area contributed by atoms with Gasteiger partial charge < -0.3 is 15.2 Å². The Morgan fingerprint density at radius 2 is 2.32 bits per heavy atom. The lowest BCUT2D eigenvalue weighted by Gasteiger charge is -2.16. The van der Waals surface area contributed by atoms with Crippen molar-refractivity contribution in [3.63, 3.8) is 0 Å². The van der Waals surface area contributed by atoms with E-state index in [2.05, 4.69) is 21.2 Å². The van der Waals surface area contributed by atoms with Crippen LogP contribution in [0.15, 0.2) is 22.7 Å². The van der Waals surface area contributed by atoms with Crippen LogP contribution in [0.4, 0.5) is 4.39 Å². The zero-order valence-electron chi connectivity index (χ0n) is 10.7. The Kier molecular flexibility index (Phi) is 6.80. The van der Waals surface area contributed by atoms with Gasteiger partial charge in [0.25, 0.3) is 5.91 Å². The van der Waals surface area contributed by atoms with Crippen LogP contribution < -0.4 is 10.1 Å². The molecule has 0 aliphatic heterocycles. The SMILES string of the molecule is CCC(CCO)NC(=O)COc1ccc(F)cc1Br. The number of aliphatic hydroxyl groups is 1. The van der Waals surface area contributed by atoms with Gasteiger partial charge in [-0.2, -0.15) is 0 Å². The van der Waals surface area contributed by atoms with E-state index < -0.39 is 0 Å². The molecule has 4 nitrogen and oxygen atoms in total. The van der Waals surface area contributed by atoms with Gasteiger partial charge in [0.15, 0.2) is 6.61 Å². The third kappa shape index (κ3) is 5.57. The summed E-state index contributed by atoms with van der Waals surface area (Å²) in [7, 11) is 0. The van der Waals surface area contributed by atoms with Crippen LogP contribution in [-0.2, 0) is 4.79 Å². The summed E-state index contributed by atoms with van der Waals surface area (Å²) in [6.45, 7) is 1.81. The quantitative estimate of drug-likeness (QED) is 0.804. The van der Waals surface area contributed by atoms with Crippen LogP contribution in [0, 0.1) is 5.82 Å². The summed E-state index contributed by atoms with van der Waals surface area (Å²) in [5.41, 5.74) is 0. The van der Waals surface area contributed by atoms with Crippen LogP contribution >= 0.6 is 15.9 Å². The fourth-order valence-electron chi connectivity index (χ4n) is 1.54. The van der Waals surface area contributed by atoms with Crippen molar-refractivity contribution < 1.29 is 19.0 Å². The smallest absolute Gasteiger partial charge is 0.258 e. The summed E-state index contributed by atoms with van der Waals surface area (Å²) in [6.07, 6.45) is 1.26. The third-order valence-electron chi connectivity index (χ3n) is 2.59. The number of aliphatic hydroxyl groups excluding tert-OH is 1. The molecule has 1 rings (SSSR count). The molecule has 0 spiro atoms. The molecule has 1 aromatic rings. The van der Waals surface area contributed by atoms with Crippen molar-refractivity contribution in [2.75, 3.05) is 13.2 Å². The number of halogens is 2. The van der Waals surface area contributed by atoms with Gasteiger partial charge in [0.1, 0.15) is 11.6 Å². The monoisotopic (exact) mass is 333 g/mol. The number of nitrogens with one attached hydrogen (secondary N) is 1. The van der Waals surface area contributed by atoms with Crippen LogP contribution in [0.5, 0.6) is 5.75 Å². The molecular weight excluding hydrogens is 317 g/mol. The number of carbonyl (C=O) groups excluding carboxylic acids is 1. The summed E-state index contributed by atoms with van der Waals surface area (Å²) >= 11 is 3.16. The van der Waals surface area contributed by atoms with Crippen molar-refractivity contribution in [2.45, 2.75) is 25.8 Å². The molecule has 0 bridgehead atoms. The molecule has 0 radical (unpaired) electrons. The maximum Gasteiger partial charge on any atom is 0.258 e. The molecule has 0 saturated carbocycles. The van der Waals surface area contributed by atoms with E-state index >= 15 is 0 Å². The van der Waals surface area contributed by atoms with Crippen molar-refractivity contribution >= 4 is 21.8 Å². The number of benzene rings is 1. The zero-order chi connectivity index (χ0) is 14.3. The summed E-state index contributed by atoms with van der Waals surface area (Å²) in [4.78, 5) is 11.6. The predicted molar refractivity (Wildman–Crippen MR) is 73.5 cm³/mol. The largest absolute Gasteiger partial charge is 0.483 e. The number of hydrogen-bond donors (Lipinski definition) is 2. The minimum atomic E-state index is -0.377. The molecule has 2 N–H and O–H groups in total. The van der Waals surface area contributed by atoms with Crippen molar-refractivity contribution in [1.82, 2.24) is 5.32 Å². The van der Waals surface area contributed by atoms with Gasteiger partial charge >= 0.3 is 0 Å². The van der Waals surface area contributed by atoms with E-state index in [0.29, 0.717) is 16.6 Å². The fraction of sp³-hybridized carbons (Fsp3) is 0.462. The van der Waals surface area contributed by atoms with Crippen LogP contribution in [0.3, 0.4) is 0 Å². The van der Waals surface area contributed by atoms with Gasteiger partial charge in [-0.15, -0.1) is 0 Å². The first kappa shape index (κ1) is 15.9. The van der Waals surface area contributed by atoms with Crippen molar-refractivity contribution in [2.24, 2.45) is 0 Å². The molecular formula is C13H17BrFNO3. The highest BCUT2D eigenvalue weighted by Crippen LogP contribution is 2.25. The molecule has 106 valence electrons. The number of hydrogen-bond acceptors (Lipinski definition) is 3. The second-order valence-corrected chi connectivity index (χ2v) is 4.90. The Morgan fingerprint density at radius 1 is 1.58 bits per heavy atom. The lowest BCUT2D eigenvalue weighted by Crippen LogP contribution is -2.38. The second-order valence-electron chi connectivity index (χ2n) is 4.05. The molecule has 1 unspecified atom stereocenters. The average molecular weight is 334 g/mol. The van der Waals surface area contributed by atoms with E-state index in [9.17, 15) is 9.18 Å². The first-order chi connectivity index (χ1) is 9.06. The van der Waals surface area contributed by atoms with Gasteiger partial charge in [-0.1, -0.05) is 6.92 Å². The topological polar surface area (TPSA) is 58.6 Å². The van der Waals surface area contributed by atoms with E-state index in [4.69, 9.17) is 9.84 Å². The Hall–Kier alpha value is -1.14. The van der Waals surface area contributed by atoms with Crippen LogP contribution in [0.25, 0.3) is 0 Å². The Morgan fingerprint density at radius 3 is 2.89 bits per heavy atom. The molecule has 1 aromatic carbocycles. The number of carbonyl (C=O) groups is 1. The molecule has 0 fully saturated rings. The molecule has 6 heteroatoms. The van der Waals surface area contributed by atoms with E-state index in [1.807, 2.05) is 6.92 Å². The van der Waals surface area contributed by atoms with Crippen LogP contribution in [0.1, 0.15) is 19.8 Å². The minimum Gasteiger partial charge on any atom is -0.483 e. The molecule has 19 heavy (non-hydrogen) atoms. The van der Waals surface area contributed by atoms with Crippen molar-refractivity contribution in [3.8, 4) is 5.75 Å². The second kappa shape index (κ2) is 8.12. The van der Waals surface area contributed by atoms with Gasteiger partial charge in [0.2, 0.25) is 0 Å². The van der Waals surface area contributed by atoms with Crippen molar-refractivity contribution in [3.05, 3.63) is 28.5 Å². The molecule has 0 saturated heterocycles. The van der Waals surface area contributed by atoms with E-state index in [-0.39, 0.29) is 31.0 Å². The maximum atomic E-state index is 12.9. The van der Waals surface area contributed by atoms with E-state index in [1.165, 1.54) is 18.2 Å². The zero-order valence-corrected chi connectivity index (χ0v) is 12.2. The van der Waals surface area contributed by atoms with Gasteiger partial charge in [-0.05, 0) is 47.0 Å². The fourth-order valence-corrected chi connectivity index (χ4v) is 2.00. The molecule has 1 atom stereocenters. The van der Waals surface area contributed by atoms with E-state index in [0.717, 1.165) is 6.42 Å². The van der Waals surface area contributed by atoms with Crippen LogP contribution in [0.2, 0.25) is 0 Å². The Balaban J connectivity index is 2.45. The Labute approximate surface area is 120 Å². The Bertz CT molecular complexity index is 428. The summed E-state index contributed by atoms with van der Waals surface area (Å²) < 4.78 is 18.6. The van der Waals surface area contributed by atoms with E-state index in [1.54, 1.807) is 0 Å². The first-order valence-electron chi connectivity index (χ1n) is 6.04. The summed E-state index contributed by atoms with van der Waals surface area (Å²) in [5.74, 6) is -0.235. The maximum absolute atomic E-state index is 12.9. The normalized spacial score (nSPS) is 12.0. The molecule has 1 amide bonds. The lowest BCUT2D eigenvalue weighted by molar-refractivity contribution is -0.123. The molecule has 0 aromatic heterocycles. The molecule has 0 heterocycles. The highest BCUT2D eigenvalue weighted by atomic mass is 79.9. The number of amides is 1. The summed E-state index contributed by atoms with van der Waals surface area (Å²) in [6, 6.07) is 3.93. The summed E-state index contributed by atoms with van der Waals surface area (Å²) in [5, 5.41) is 11.6. The number of ether oxygens (including phenoxy) is 1. The van der Waals surface area contributed by atoms with Gasteiger partial charge in [-0.3, -0.25) is 4.79 Å². The van der Waals surface area contributed by atoms with Gasteiger partial charge in [0, 0.05) is 12.6 Å². The molecule has 0 aliphatic rings.